The van der Waals surface area contributed by atoms with Gasteiger partial charge in [0, 0.05) is 32.3 Å². The molecule has 0 aromatic heterocycles. The van der Waals surface area contributed by atoms with Crippen molar-refractivity contribution in [3.63, 3.8) is 0 Å². The van der Waals surface area contributed by atoms with Crippen LogP contribution in [0.2, 0.25) is 0 Å². The number of rotatable bonds is 5. The minimum absolute atomic E-state index is 0.368. The molecule has 6 heteroatoms. The van der Waals surface area contributed by atoms with Crippen LogP contribution < -0.4 is 5.32 Å². The van der Waals surface area contributed by atoms with Crippen molar-refractivity contribution in [2.24, 2.45) is 0 Å². The molecule has 1 saturated heterocycles. The maximum atomic E-state index is 11.8. The zero-order valence-electron chi connectivity index (χ0n) is 9.52. The third-order valence-electron chi connectivity index (χ3n) is 2.78. The van der Waals surface area contributed by atoms with Crippen LogP contribution in [0.15, 0.2) is 0 Å². The molecule has 0 spiro atoms. The molecule has 0 aliphatic carbocycles. The molecule has 1 aliphatic heterocycles. The van der Waals surface area contributed by atoms with E-state index < -0.39 is 12.7 Å². The molecular weight excluding hydrogens is 221 g/mol. The predicted octanol–water partition coefficient (Wildman–Crippen LogP) is 1.25. The molecule has 0 amide bonds. The van der Waals surface area contributed by atoms with Crippen LogP contribution in [-0.2, 0) is 4.74 Å². The molecule has 1 rings (SSSR count). The molecule has 1 aliphatic rings. The summed E-state index contributed by atoms with van der Waals surface area (Å²) in [4.78, 5) is 2.10. The molecule has 16 heavy (non-hydrogen) atoms. The third-order valence-corrected chi connectivity index (χ3v) is 2.78. The van der Waals surface area contributed by atoms with Crippen LogP contribution in [0.25, 0.3) is 0 Å². The molecule has 0 unspecified atom stereocenters. The smallest absolute Gasteiger partial charge is 0.381 e. The first-order valence-corrected chi connectivity index (χ1v) is 5.54. The molecule has 1 heterocycles. The topological polar surface area (TPSA) is 24.5 Å². The second-order valence-corrected chi connectivity index (χ2v) is 4.12. The first-order valence-electron chi connectivity index (χ1n) is 5.54. The van der Waals surface area contributed by atoms with E-state index in [2.05, 4.69) is 10.2 Å². The predicted molar refractivity (Wildman–Crippen MR) is 55.4 cm³/mol. The number of nitrogens with one attached hydrogen (secondary N) is 1. The number of hydrogen-bond donors (Lipinski definition) is 1. The molecule has 1 fully saturated rings. The van der Waals surface area contributed by atoms with Crippen molar-refractivity contribution in [3.05, 3.63) is 0 Å². The average molecular weight is 240 g/mol. The lowest BCUT2D eigenvalue weighted by molar-refractivity contribution is -0.124. The van der Waals surface area contributed by atoms with Gasteiger partial charge in [0.2, 0.25) is 0 Å². The maximum absolute atomic E-state index is 11.8. The van der Waals surface area contributed by atoms with Gasteiger partial charge in [-0.25, -0.2) is 0 Å². The largest absolute Gasteiger partial charge is 0.401 e. The highest BCUT2D eigenvalue weighted by molar-refractivity contribution is 4.72. The molecule has 0 aromatic carbocycles. The third kappa shape index (κ3) is 5.67. The number of ether oxygens (including phenoxy) is 1. The average Bonchev–Trinajstić information content (AvgIpc) is 2.24. The Morgan fingerprint density at radius 2 is 1.94 bits per heavy atom. The van der Waals surface area contributed by atoms with Crippen LogP contribution in [0, 0.1) is 0 Å². The summed E-state index contributed by atoms with van der Waals surface area (Å²) in [6.45, 7) is 1.61. The molecule has 0 atom stereocenters. The van der Waals surface area contributed by atoms with E-state index in [0.29, 0.717) is 19.1 Å². The number of nitrogens with zero attached hydrogens (tertiary/aromatic N) is 1. The number of alkyl halides is 3. The van der Waals surface area contributed by atoms with Crippen LogP contribution in [0.4, 0.5) is 13.2 Å². The molecule has 0 radical (unpaired) electrons. The van der Waals surface area contributed by atoms with E-state index in [1.54, 1.807) is 0 Å². The Kier molecular flexibility index (Phi) is 5.51. The summed E-state index contributed by atoms with van der Waals surface area (Å²) in [7, 11) is 1.95. The van der Waals surface area contributed by atoms with E-state index in [1.807, 2.05) is 7.05 Å². The second-order valence-electron chi connectivity index (χ2n) is 4.12. The molecule has 96 valence electrons. The van der Waals surface area contributed by atoms with Gasteiger partial charge in [0.25, 0.3) is 0 Å². The fourth-order valence-electron chi connectivity index (χ4n) is 1.79. The minimum Gasteiger partial charge on any atom is -0.381 e. The molecule has 0 saturated carbocycles. The van der Waals surface area contributed by atoms with Gasteiger partial charge in [-0.15, -0.1) is 0 Å². The first kappa shape index (κ1) is 13.7. The molecule has 1 N–H and O–H groups in total. The fourth-order valence-corrected chi connectivity index (χ4v) is 1.79. The van der Waals surface area contributed by atoms with Crippen LogP contribution in [0.3, 0.4) is 0 Å². The van der Waals surface area contributed by atoms with E-state index >= 15 is 0 Å². The van der Waals surface area contributed by atoms with Crippen LogP contribution in [-0.4, -0.2) is 57.0 Å². The van der Waals surface area contributed by atoms with Gasteiger partial charge in [-0.1, -0.05) is 0 Å². The van der Waals surface area contributed by atoms with Crippen molar-refractivity contribution in [2.45, 2.75) is 25.1 Å². The highest BCUT2D eigenvalue weighted by atomic mass is 19.4. The number of hydrogen-bond acceptors (Lipinski definition) is 3. The zero-order valence-corrected chi connectivity index (χ0v) is 9.52. The molecular formula is C10H19F3N2O. The fraction of sp³-hybridized carbons (Fsp3) is 1.00. The van der Waals surface area contributed by atoms with Crippen LogP contribution in [0.1, 0.15) is 12.8 Å². The summed E-state index contributed by atoms with van der Waals surface area (Å²) >= 11 is 0. The van der Waals surface area contributed by atoms with Gasteiger partial charge in [-0.05, 0) is 19.9 Å². The summed E-state index contributed by atoms with van der Waals surface area (Å²) in [6, 6.07) is 0.446. The Labute approximate surface area is 93.9 Å². The Morgan fingerprint density at radius 1 is 1.31 bits per heavy atom. The zero-order chi connectivity index (χ0) is 12.0. The van der Waals surface area contributed by atoms with E-state index in [0.717, 1.165) is 26.1 Å². The molecule has 0 bridgehead atoms. The lowest BCUT2D eigenvalue weighted by Crippen LogP contribution is -2.41. The van der Waals surface area contributed by atoms with E-state index in [9.17, 15) is 13.2 Å². The van der Waals surface area contributed by atoms with Crippen molar-refractivity contribution in [1.82, 2.24) is 10.2 Å². The summed E-state index contributed by atoms with van der Waals surface area (Å²) in [5, 5.41) is 2.40. The number of halogens is 3. The number of likely N-dealkylation sites (N-methyl/N-ethyl adjacent to an activating group) is 1. The summed E-state index contributed by atoms with van der Waals surface area (Å²) in [5.41, 5.74) is 0. The van der Waals surface area contributed by atoms with Crippen molar-refractivity contribution < 1.29 is 17.9 Å². The minimum atomic E-state index is -4.11. The summed E-state index contributed by atoms with van der Waals surface area (Å²) < 4.78 is 40.8. The van der Waals surface area contributed by atoms with Gasteiger partial charge in [0.15, 0.2) is 0 Å². The Morgan fingerprint density at radius 3 is 2.50 bits per heavy atom. The SMILES string of the molecule is CN(CCNCC(F)(F)F)C1CCOCC1. The van der Waals surface area contributed by atoms with Gasteiger partial charge < -0.3 is 15.0 Å². The quantitative estimate of drug-likeness (QED) is 0.732. The van der Waals surface area contributed by atoms with Crippen molar-refractivity contribution >= 4 is 0 Å². The van der Waals surface area contributed by atoms with Gasteiger partial charge in [0.05, 0.1) is 6.54 Å². The monoisotopic (exact) mass is 240 g/mol. The van der Waals surface area contributed by atoms with Crippen molar-refractivity contribution in [1.29, 1.82) is 0 Å². The maximum Gasteiger partial charge on any atom is 0.401 e. The van der Waals surface area contributed by atoms with Crippen molar-refractivity contribution in [2.75, 3.05) is 39.9 Å². The standard InChI is InChI=1S/C10H19F3N2O/c1-15(9-2-6-16-7-3-9)5-4-14-8-10(11,12)13/h9,14H,2-8H2,1H3. The highest BCUT2D eigenvalue weighted by Crippen LogP contribution is 2.13. The Balaban J connectivity index is 2.07. The lowest BCUT2D eigenvalue weighted by Gasteiger charge is -2.31. The van der Waals surface area contributed by atoms with Gasteiger partial charge in [-0.3, -0.25) is 0 Å². The lowest BCUT2D eigenvalue weighted by atomic mass is 10.1. The molecule has 3 nitrogen and oxygen atoms in total. The van der Waals surface area contributed by atoms with E-state index in [-0.39, 0.29) is 0 Å². The highest BCUT2D eigenvalue weighted by Gasteiger charge is 2.26. The van der Waals surface area contributed by atoms with Crippen molar-refractivity contribution in [3.8, 4) is 0 Å². The van der Waals surface area contributed by atoms with Gasteiger partial charge >= 0.3 is 6.18 Å². The Hall–Kier alpha value is -0.330. The summed E-state index contributed by atoms with van der Waals surface area (Å²) in [5.74, 6) is 0. The first-order chi connectivity index (χ1) is 7.49. The van der Waals surface area contributed by atoms with Gasteiger partial charge in [-0.2, -0.15) is 13.2 Å². The van der Waals surface area contributed by atoms with Crippen LogP contribution >= 0.6 is 0 Å². The summed E-state index contributed by atoms with van der Waals surface area (Å²) in [6.07, 6.45) is -2.18. The van der Waals surface area contributed by atoms with E-state index in [4.69, 9.17) is 4.74 Å². The van der Waals surface area contributed by atoms with Gasteiger partial charge in [0.1, 0.15) is 0 Å². The second kappa shape index (κ2) is 6.42. The molecule has 0 aromatic rings. The van der Waals surface area contributed by atoms with Crippen LogP contribution in [0.5, 0.6) is 0 Å². The Bertz CT molecular complexity index is 193. The normalized spacial score (nSPS) is 19.3. The van der Waals surface area contributed by atoms with E-state index in [1.165, 1.54) is 0 Å².